The molecular formula is C40H46O6. The number of benzene rings is 4. The predicted molar refractivity (Wildman–Crippen MR) is 178 cm³/mol. The van der Waals surface area contributed by atoms with Crippen molar-refractivity contribution in [2.24, 2.45) is 5.41 Å². The fourth-order valence-electron chi connectivity index (χ4n) is 6.21. The van der Waals surface area contributed by atoms with Crippen molar-refractivity contribution in [2.75, 3.05) is 13.2 Å². The average molecular weight is 623 g/mol. The summed E-state index contributed by atoms with van der Waals surface area (Å²) in [6.45, 7) is 7.01. The van der Waals surface area contributed by atoms with Crippen molar-refractivity contribution in [2.45, 2.75) is 83.3 Å². The summed E-state index contributed by atoms with van der Waals surface area (Å²) in [4.78, 5) is 0. The number of ether oxygens (including phenoxy) is 6. The minimum Gasteiger partial charge on any atom is -0.374 e. The minimum atomic E-state index is -1.01. The van der Waals surface area contributed by atoms with Crippen molar-refractivity contribution in [1.29, 1.82) is 0 Å². The molecule has 4 aromatic carbocycles. The zero-order chi connectivity index (χ0) is 31.7. The van der Waals surface area contributed by atoms with Crippen molar-refractivity contribution in [3.05, 3.63) is 144 Å². The van der Waals surface area contributed by atoms with Crippen molar-refractivity contribution >= 4 is 0 Å². The van der Waals surface area contributed by atoms with Gasteiger partial charge in [-0.1, -0.05) is 135 Å². The van der Waals surface area contributed by atoms with Crippen LogP contribution in [0.2, 0.25) is 0 Å². The van der Waals surface area contributed by atoms with Gasteiger partial charge in [-0.25, -0.2) is 0 Å². The molecule has 0 amide bonds. The molecule has 242 valence electrons. The first-order valence-corrected chi connectivity index (χ1v) is 16.4. The Bertz CT molecular complexity index is 1440. The topological polar surface area (TPSA) is 55.4 Å². The lowest BCUT2D eigenvalue weighted by Crippen LogP contribution is -2.69. The summed E-state index contributed by atoms with van der Waals surface area (Å²) in [6.07, 6.45) is -0.371. The molecule has 6 nitrogen and oxygen atoms in total. The number of hydrogen-bond donors (Lipinski definition) is 0. The lowest BCUT2D eigenvalue weighted by molar-refractivity contribution is -0.398. The Morgan fingerprint density at radius 3 is 1.50 bits per heavy atom. The van der Waals surface area contributed by atoms with Crippen LogP contribution in [-0.2, 0) is 54.8 Å². The van der Waals surface area contributed by atoms with Crippen LogP contribution in [0.5, 0.6) is 0 Å². The van der Waals surface area contributed by atoms with E-state index in [-0.39, 0.29) is 5.41 Å². The first kappa shape index (κ1) is 32.6. The SMILES string of the molecule is CC1(C)CC[C@]2(OC1)O[C@@H](COCc1ccccc1)[C@H](OCc1ccccc1)[C@@H](OCc1ccccc1)[C@@H]2OCc1ccccc1. The summed E-state index contributed by atoms with van der Waals surface area (Å²) in [6, 6.07) is 40.9. The van der Waals surface area contributed by atoms with Gasteiger partial charge in [-0.3, -0.25) is 0 Å². The molecule has 1 spiro atoms. The van der Waals surface area contributed by atoms with E-state index >= 15 is 0 Å². The first-order valence-electron chi connectivity index (χ1n) is 16.4. The molecular weight excluding hydrogens is 576 g/mol. The third-order valence-corrected chi connectivity index (χ3v) is 8.87. The Balaban J connectivity index is 1.33. The van der Waals surface area contributed by atoms with Crippen LogP contribution in [0.4, 0.5) is 0 Å². The molecule has 0 unspecified atom stereocenters. The molecule has 0 N–H and O–H groups in total. The van der Waals surface area contributed by atoms with E-state index < -0.39 is 30.2 Å². The molecule has 46 heavy (non-hydrogen) atoms. The predicted octanol–water partition coefficient (Wildman–Crippen LogP) is 7.89. The Labute approximate surface area is 273 Å². The first-order chi connectivity index (χ1) is 22.5. The van der Waals surface area contributed by atoms with Gasteiger partial charge in [0, 0.05) is 6.42 Å². The molecule has 2 aliphatic rings. The minimum absolute atomic E-state index is 0.0267. The maximum atomic E-state index is 7.05. The highest BCUT2D eigenvalue weighted by Gasteiger charge is 2.59. The second-order valence-corrected chi connectivity index (χ2v) is 13.2. The maximum Gasteiger partial charge on any atom is 0.197 e. The molecule has 6 rings (SSSR count). The van der Waals surface area contributed by atoms with E-state index in [1.165, 1.54) is 0 Å². The van der Waals surface area contributed by atoms with Crippen LogP contribution in [0.25, 0.3) is 0 Å². The Hall–Kier alpha value is -3.36. The zero-order valence-corrected chi connectivity index (χ0v) is 27.0. The van der Waals surface area contributed by atoms with Gasteiger partial charge in [0.25, 0.3) is 0 Å². The maximum absolute atomic E-state index is 7.05. The lowest BCUT2D eigenvalue weighted by atomic mass is 9.79. The molecule has 2 heterocycles. The second-order valence-electron chi connectivity index (χ2n) is 13.2. The molecule has 6 heteroatoms. The van der Waals surface area contributed by atoms with E-state index in [4.69, 9.17) is 28.4 Å². The number of rotatable bonds is 13. The van der Waals surface area contributed by atoms with Crippen LogP contribution < -0.4 is 0 Å². The van der Waals surface area contributed by atoms with Gasteiger partial charge in [0.15, 0.2) is 5.79 Å². The van der Waals surface area contributed by atoms with E-state index in [1.54, 1.807) is 0 Å². The standard InChI is InChI=1S/C40H46O6/c1-39(2)23-24-40(45-30-39)38(44-28-34-21-13-6-14-22-34)37(43-27-33-19-11-5-12-20-33)36(42-26-32-17-9-4-10-18-32)35(46-40)29-41-25-31-15-7-3-8-16-31/h3-22,35-38H,23-30H2,1-2H3/t35-,36-,37+,38-,40-/m0/s1. The Morgan fingerprint density at radius 2 is 1.02 bits per heavy atom. The summed E-state index contributed by atoms with van der Waals surface area (Å²) in [5, 5.41) is 0. The molecule has 0 radical (unpaired) electrons. The van der Waals surface area contributed by atoms with Crippen molar-refractivity contribution in [3.8, 4) is 0 Å². The van der Waals surface area contributed by atoms with Gasteiger partial charge in [-0.15, -0.1) is 0 Å². The molecule has 4 aromatic rings. The smallest absolute Gasteiger partial charge is 0.197 e. The summed E-state index contributed by atoms with van der Waals surface area (Å²) < 4.78 is 40.7. The van der Waals surface area contributed by atoms with Crippen LogP contribution >= 0.6 is 0 Å². The summed E-state index contributed by atoms with van der Waals surface area (Å²) in [5.74, 6) is -1.01. The molecule has 0 aliphatic carbocycles. The third kappa shape index (κ3) is 8.51. The fourth-order valence-corrected chi connectivity index (χ4v) is 6.21. The van der Waals surface area contributed by atoms with E-state index in [2.05, 4.69) is 62.4 Å². The van der Waals surface area contributed by atoms with Crippen LogP contribution in [0.15, 0.2) is 121 Å². The molecule has 0 bridgehead atoms. The number of hydrogen-bond acceptors (Lipinski definition) is 6. The van der Waals surface area contributed by atoms with E-state index in [0.29, 0.717) is 46.1 Å². The van der Waals surface area contributed by atoms with Gasteiger partial charge >= 0.3 is 0 Å². The lowest BCUT2D eigenvalue weighted by Gasteiger charge is -2.55. The van der Waals surface area contributed by atoms with Crippen LogP contribution in [0.1, 0.15) is 48.9 Å². The van der Waals surface area contributed by atoms with Crippen LogP contribution in [-0.4, -0.2) is 43.4 Å². The van der Waals surface area contributed by atoms with Crippen molar-refractivity contribution < 1.29 is 28.4 Å². The largest absolute Gasteiger partial charge is 0.374 e. The normalized spacial score (nSPS) is 25.8. The Kier molecular flexibility index (Phi) is 11.0. The summed E-state index contributed by atoms with van der Waals surface area (Å²) in [7, 11) is 0. The molecule has 5 atom stereocenters. The Morgan fingerprint density at radius 1 is 0.565 bits per heavy atom. The van der Waals surface area contributed by atoms with E-state index in [1.807, 2.05) is 72.8 Å². The van der Waals surface area contributed by atoms with Crippen molar-refractivity contribution in [1.82, 2.24) is 0 Å². The summed E-state index contributed by atoms with van der Waals surface area (Å²) in [5.41, 5.74) is 4.36. The highest BCUT2D eigenvalue weighted by molar-refractivity contribution is 5.17. The monoisotopic (exact) mass is 622 g/mol. The van der Waals surface area contributed by atoms with Gasteiger partial charge in [0.2, 0.25) is 0 Å². The van der Waals surface area contributed by atoms with Crippen LogP contribution in [0, 0.1) is 5.41 Å². The zero-order valence-electron chi connectivity index (χ0n) is 27.0. The van der Waals surface area contributed by atoms with Crippen LogP contribution in [0.3, 0.4) is 0 Å². The molecule has 2 fully saturated rings. The molecule has 0 saturated carbocycles. The van der Waals surface area contributed by atoms with Crippen molar-refractivity contribution in [3.63, 3.8) is 0 Å². The second kappa shape index (κ2) is 15.5. The van der Waals surface area contributed by atoms with Gasteiger partial charge < -0.3 is 28.4 Å². The molecule has 0 aromatic heterocycles. The van der Waals surface area contributed by atoms with Gasteiger partial charge in [0.1, 0.15) is 24.4 Å². The van der Waals surface area contributed by atoms with Gasteiger partial charge in [0.05, 0.1) is 39.6 Å². The van der Waals surface area contributed by atoms with E-state index in [0.717, 1.165) is 28.7 Å². The van der Waals surface area contributed by atoms with Gasteiger partial charge in [-0.05, 0) is 34.1 Å². The quantitative estimate of drug-likeness (QED) is 0.151. The van der Waals surface area contributed by atoms with E-state index in [9.17, 15) is 0 Å². The third-order valence-electron chi connectivity index (χ3n) is 8.87. The fraction of sp³-hybridized carbons (Fsp3) is 0.400. The molecule has 2 saturated heterocycles. The highest BCUT2D eigenvalue weighted by atomic mass is 16.7. The molecule has 2 aliphatic heterocycles. The summed E-state index contributed by atoms with van der Waals surface area (Å²) >= 11 is 0. The average Bonchev–Trinajstić information content (AvgIpc) is 3.09. The highest BCUT2D eigenvalue weighted by Crippen LogP contribution is 2.46. The van der Waals surface area contributed by atoms with Gasteiger partial charge in [-0.2, -0.15) is 0 Å².